The quantitative estimate of drug-likeness (QED) is 0.134. The Balaban J connectivity index is 0.000000172. The number of hydrogen-bond donors (Lipinski definition) is 0. The van der Waals surface area contributed by atoms with Gasteiger partial charge >= 0.3 is 0 Å². The van der Waals surface area contributed by atoms with E-state index in [-0.39, 0.29) is 0 Å². The van der Waals surface area contributed by atoms with E-state index >= 15 is 0 Å². The van der Waals surface area contributed by atoms with Crippen LogP contribution >= 0.6 is 0 Å². The Bertz CT molecular complexity index is 2500. The van der Waals surface area contributed by atoms with Crippen LogP contribution in [0.2, 0.25) is 0 Å². The molecule has 0 saturated heterocycles. The summed E-state index contributed by atoms with van der Waals surface area (Å²) in [6, 6.07) is 59.1. The van der Waals surface area contributed by atoms with E-state index in [2.05, 4.69) is 250 Å². The number of allylic oxidation sites excluding steroid dienone is 8. The van der Waals surface area contributed by atoms with Crippen LogP contribution in [0.5, 0.6) is 0 Å². The molecule has 1 aliphatic carbocycles. The third-order valence-corrected chi connectivity index (χ3v) is 11.3. The van der Waals surface area contributed by atoms with E-state index in [4.69, 9.17) is 0 Å². The van der Waals surface area contributed by atoms with Gasteiger partial charge in [-0.15, -0.1) is 0 Å². The first-order valence-electron chi connectivity index (χ1n) is 22.4. The molecule has 314 valence electrons. The number of aryl methyl sites for hydroxylation is 4. The molecular formula is C62H66. The highest BCUT2D eigenvalue weighted by Crippen LogP contribution is 2.39. The van der Waals surface area contributed by atoms with Crippen molar-refractivity contribution in [2.24, 2.45) is 0 Å². The number of benzene rings is 7. The molecule has 7 aromatic rings. The van der Waals surface area contributed by atoms with Gasteiger partial charge in [0.25, 0.3) is 0 Å². The van der Waals surface area contributed by atoms with Crippen molar-refractivity contribution in [1.29, 1.82) is 0 Å². The summed E-state index contributed by atoms with van der Waals surface area (Å²) >= 11 is 0. The zero-order chi connectivity index (χ0) is 44.4. The van der Waals surface area contributed by atoms with Gasteiger partial charge in [-0.25, -0.2) is 0 Å². The molecule has 0 atom stereocenters. The van der Waals surface area contributed by atoms with Crippen molar-refractivity contribution >= 4 is 11.1 Å². The molecule has 8 rings (SSSR count). The fourth-order valence-corrected chi connectivity index (χ4v) is 7.57. The van der Waals surface area contributed by atoms with Crippen LogP contribution in [0.1, 0.15) is 86.9 Å². The second-order valence-corrected chi connectivity index (χ2v) is 15.8. The Hall–Kier alpha value is -6.50. The van der Waals surface area contributed by atoms with Crippen LogP contribution in [-0.2, 0) is 6.42 Å². The Morgan fingerprint density at radius 2 is 0.806 bits per heavy atom. The van der Waals surface area contributed by atoms with E-state index in [0.29, 0.717) is 0 Å². The topological polar surface area (TPSA) is 0 Å². The van der Waals surface area contributed by atoms with Gasteiger partial charge in [0, 0.05) is 0 Å². The maximum Gasteiger partial charge on any atom is -0.00108 e. The van der Waals surface area contributed by atoms with Gasteiger partial charge in [-0.2, -0.15) is 0 Å². The predicted octanol–water partition coefficient (Wildman–Crippen LogP) is 18.3. The van der Waals surface area contributed by atoms with Gasteiger partial charge in [-0.1, -0.05) is 237 Å². The Morgan fingerprint density at radius 1 is 0.452 bits per heavy atom. The SMILES string of the molecule is C/C=C(\C=C/CC)c1ccc(-c2ccc(C)cc2)cc1.C/C=C\C1=C(C)c2cccc(-c3ccc(C)cc3)c2C1.CC.Cc1ccc(-c2ccc(-c3ccc(C)cc3)cc2)cc1. The smallest absolute Gasteiger partial charge is 0.00108 e. The molecular weight excluding hydrogens is 745 g/mol. The highest BCUT2D eigenvalue weighted by Gasteiger charge is 2.20. The third kappa shape index (κ3) is 12.5. The maximum atomic E-state index is 2.25. The standard InChI is InChI=1S/C20H18.C20H20.C20H22.C2H6/c1-15-3-7-17(8-4-15)19-11-13-20(14-12-19)18-9-5-16(2)6-10-18;1-4-6-17-13-20-18(15(17)3)7-5-8-19(20)16-11-9-14(2)10-12-16;1-4-6-7-17(5-2)18-12-14-20(15-13-18)19-10-8-16(3)9-11-19;1-2/h3-14H,1-2H3;4-12H,13H2,1-3H3;5-15H,4H2,1-3H3;1-2H3/b;6-4-;7-6-,17-5+;. The number of hydrogen-bond acceptors (Lipinski definition) is 0. The van der Waals surface area contributed by atoms with E-state index in [0.717, 1.165) is 12.8 Å². The van der Waals surface area contributed by atoms with Crippen LogP contribution in [0.4, 0.5) is 0 Å². The first-order valence-corrected chi connectivity index (χ1v) is 22.4. The van der Waals surface area contributed by atoms with E-state index in [1.54, 1.807) is 0 Å². The van der Waals surface area contributed by atoms with Crippen molar-refractivity contribution in [3.8, 4) is 44.5 Å². The minimum atomic E-state index is 1.05. The van der Waals surface area contributed by atoms with Crippen molar-refractivity contribution in [1.82, 2.24) is 0 Å². The van der Waals surface area contributed by atoms with Gasteiger partial charge in [0.05, 0.1) is 0 Å². The minimum Gasteiger partial charge on any atom is -0.0874 e. The first-order chi connectivity index (χ1) is 30.2. The molecule has 0 nitrogen and oxygen atoms in total. The molecule has 62 heavy (non-hydrogen) atoms. The van der Waals surface area contributed by atoms with E-state index in [1.165, 1.54) is 100 Å². The number of rotatable bonds is 8. The minimum absolute atomic E-state index is 1.05. The molecule has 0 unspecified atom stereocenters. The summed E-state index contributed by atoms with van der Waals surface area (Å²) in [6.45, 7) is 21.0. The molecule has 0 aliphatic heterocycles. The van der Waals surface area contributed by atoms with Crippen LogP contribution in [0.3, 0.4) is 0 Å². The maximum absolute atomic E-state index is 2.25. The Kier molecular flexibility index (Phi) is 17.6. The lowest BCUT2D eigenvalue weighted by molar-refractivity contribution is 1.22. The van der Waals surface area contributed by atoms with Crippen molar-refractivity contribution in [2.45, 2.75) is 82.1 Å². The van der Waals surface area contributed by atoms with E-state index < -0.39 is 0 Å². The Morgan fingerprint density at radius 3 is 1.18 bits per heavy atom. The molecule has 0 amide bonds. The summed E-state index contributed by atoms with van der Waals surface area (Å²) in [5, 5.41) is 0. The van der Waals surface area contributed by atoms with Gasteiger partial charge in [0.2, 0.25) is 0 Å². The number of fused-ring (bicyclic) bond motifs is 1. The van der Waals surface area contributed by atoms with Gasteiger partial charge in [-0.05, 0) is 139 Å². The fourth-order valence-electron chi connectivity index (χ4n) is 7.57. The summed E-state index contributed by atoms with van der Waals surface area (Å²) in [6.07, 6.45) is 13.1. The highest BCUT2D eigenvalue weighted by atomic mass is 14.2. The highest BCUT2D eigenvalue weighted by molar-refractivity contribution is 5.84. The zero-order valence-electron chi connectivity index (χ0n) is 38.9. The average molecular weight is 811 g/mol. The summed E-state index contributed by atoms with van der Waals surface area (Å²) < 4.78 is 0. The molecule has 0 radical (unpaired) electrons. The van der Waals surface area contributed by atoms with Crippen LogP contribution in [-0.4, -0.2) is 0 Å². The van der Waals surface area contributed by atoms with E-state index in [1.807, 2.05) is 13.8 Å². The molecule has 1 aliphatic rings. The molecule has 0 N–H and O–H groups in total. The predicted molar refractivity (Wildman–Crippen MR) is 276 cm³/mol. The summed E-state index contributed by atoms with van der Waals surface area (Å²) in [7, 11) is 0. The molecule has 0 fully saturated rings. The first kappa shape index (κ1) is 46.6. The monoisotopic (exact) mass is 811 g/mol. The van der Waals surface area contributed by atoms with Crippen molar-refractivity contribution in [2.75, 3.05) is 0 Å². The van der Waals surface area contributed by atoms with Gasteiger partial charge in [0.15, 0.2) is 0 Å². The lowest BCUT2D eigenvalue weighted by Gasteiger charge is -2.10. The molecule has 7 aromatic carbocycles. The van der Waals surface area contributed by atoms with Crippen LogP contribution < -0.4 is 0 Å². The zero-order valence-corrected chi connectivity index (χ0v) is 38.9. The normalized spacial score (nSPS) is 11.9. The summed E-state index contributed by atoms with van der Waals surface area (Å²) in [5.74, 6) is 0. The molecule has 0 bridgehead atoms. The van der Waals surface area contributed by atoms with Crippen LogP contribution in [0, 0.1) is 27.7 Å². The molecule has 0 heterocycles. The second kappa shape index (κ2) is 23.5. The summed E-state index contributed by atoms with van der Waals surface area (Å²) in [5.41, 5.74) is 23.8. The average Bonchev–Trinajstić information content (AvgIpc) is 3.63. The Labute approximate surface area is 374 Å². The van der Waals surface area contributed by atoms with Gasteiger partial charge in [-0.3, -0.25) is 0 Å². The van der Waals surface area contributed by atoms with E-state index in [9.17, 15) is 0 Å². The molecule has 0 saturated carbocycles. The van der Waals surface area contributed by atoms with Crippen molar-refractivity contribution in [3.63, 3.8) is 0 Å². The molecule has 0 aromatic heterocycles. The lowest BCUT2D eigenvalue weighted by atomic mass is 9.95. The van der Waals surface area contributed by atoms with Gasteiger partial charge < -0.3 is 0 Å². The summed E-state index contributed by atoms with van der Waals surface area (Å²) in [4.78, 5) is 0. The molecule has 0 heteroatoms. The third-order valence-electron chi connectivity index (χ3n) is 11.3. The molecule has 0 spiro atoms. The van der Waals surface area contributed by atoms with Crippen molar-refractivity contribution in [3.05, 3.63) is 239 Å². The largest absolute Gasteiger partial charge is 0.0874 e. The lowest BCUT2D eigenvalue weighted by Crippen LogP contribution is -1.90. The second-order valence-electron chi connectivity index (χ2n) is 15.8. The van der Waals surface area contributed by atoms with Gasteiger partial charge in [0.1, 0.15) is 0 Å². The van der Waals surface area contributed by atoms with Crippen LogP contribution in [0.25, 0.3) is 55.7 Å². The fraction of sp³-hybridized carbons (Fsp3) is 0.194. The van der Waals surface area contributed by atoms with Crippen LogP contribution in [0.15, 0.2) is 200 Å². The van der Waals surface area contributed by atoms with Crippen molar-refractivity contribution < 1.29 is 0 Å².